The standard InChI is InChI=1S/C15H18O/c1-11-4-6-13-12(10-11)5-7-14(16)15(13)8-2-3-9-15/h4,6,10H,2-3,5,7-9H2,1H3. The molecular formula is C15H18O. The van der Waals surface area contributed by atoms with E-state index in [1.54, 1.807) is 0 Å². The van der Waals surface area contributed by atoms with Crippen LogP contribution >= 0.6 is 0 Å². The Balaban J connectivity index is 2.16. The van der Waals surface area contributed by atoms with Gasteiger partial charge in [-0.2, -0.15) is 0 Å². The van der Waals surface area contributed by atoms with E-state index in [2.05, 4.69) is 25.1 Å². The summed E-state index contributed by atoms with van der Waals surface area (Å²) in [6.07, 6.45) is 6.33. The van der Waals surface area contributed by atoms with Crippen LogP contribution in [0.3, 0.4) is 0 Å². The largest absolute Gasteiger partial charge is 0.299 e. The van der Waals surface area contributed by atoms with Crippen molar-refractivity contribution in [1.29, 1.82) is 0 Å². The number of hydrogen-bond acceptors (Lipinski definition) is 1. The smallest absolute Gasteiger partial charge is 0.143 e. The van der Waals surface area contributed by atoms with Crippen LogP contribution < -0.4 is 0 Å². The van der Waals surface area contributed by atoms with Crippen LogP contribution in [0.25, 0.3) is 0 Å². The molecule has 1 aromatic rings. The van der Waals surface area contributed by atoms with Crippen LogP contribution in [0.5, 0.6) is 0 Å². The first-order valence-electron chi connectivity index (χ1n) is 6.36. The number of Topliss-reactive ketones (excluding diaryl/α,β-unsaturated/α-hetero) is 1. The highest BCUT2D eigenvalue weighted by molar-refractivity contribution is 5.92. The number of ketones is 1. The second-order valence-corrected chi connectivity index (χ2v) is 5.37. The van der Waals surface area contributed by atoms with Crippen molar-refractivity contribution in [3.63, 3.8) is 0 Å². The fourth-order valence-corrected chi connectivity index (χ4v) is 3.56. The maximum absolute atomic E-state index is 12.3. The van der Waals surface area contributed by atoms with Gasteiger partial charge in [-0.3, -0.25) is 4.79 Å². The topological polar surface area (TPSA) is 17.1 Å². The van der Waals surface area contributed by atoms with Crippen LogP contribution in [-0.4, -0.2) is 5.78 Å². The van der Waals surface area contributed by atoms with Crippen LogP contribution in [0, 0.1) is 6.92 Å². The van der Waals surface area contributed by atoms with E-state index in [4.69, 9.17) is 0 Å². The molecule has 84 valence electrons. The predicted molar refractivity (Wildman–Crippen MR) is 64.7 cm³/mol. The highest BCUT2D eigenvalue weighted by Crippen LogP contribution is 2.46. The molecule has 1 heteroatoms. The van der Waals surface area contributed by atoms with Gasteiger partial charge in [-0.15, -0.1) is 0 Å². The Morgan fingerprint density at radius 3 is 2.62 bits per heavy atom. The average molecular weight is 214 g/mol. The van der Waals surface area contributed by atoms with Gasteiger partial charge in [0.15, 0.2) is 0 Å². The van der Waals surface area contributed by atoms with Gasteiger partial charge in [0.05, 0.1) is 5.41 Å². The molecule has 0 radical (unpaired) electrons. The minimum absolute atomic E-state index is 0.0821. The van der Waals surface area contributed by atoms with Gasteiger partial charge in [-0.1, -0.05) is 36.6 Å². The van der Waals surface area contributed by atoms with Crippen molar-refractivity contribution >= 4 is 5.78 Å². The Morgan fingerprint density at radius 1 is 1.12 bits per heavy atom. The van der Waals surface area contributed by atoms with E-state index >= 15 is 0 Å². The number of carbonyl (C=O) groups is 1. The lowest BCUT2D eigenvalue weighted by atomic mass is 9.68. The average Bonchev–Trinajstić information content (AvgIpc) is 2.74. The molecule has 2 aliphatic carbocycles. The minimum Gasteiger partial charge on any atom is -0.299 e. The second-order valence-electron chi connectivity index (χ2n) is 5.37. The second kappa shape index (κ2) is 3.44. The molecule has 3 rings (SSSR count). The van der Waals surface area contributed by atoms with Crippen LogP contribution in [0.2, 0.25) is 0 Å². The first-order valence-corrected chi connectivity index (χ1v) is 6.36. The summed E-state index contributed by atoms with van der Waals surface area (Å²) < 4.78 is 0. The Kier molecular flexibility index (Phi) is 2.17. The molecule has 0 aliphatic heterocycles. The van der Waals surface area contributed by atoms with Crippen molar-refractivity contribution in [3.8, 4) is 0 Å². The summed E-state index contributed by atoms with van der Waals surface area (Å²) in [5, 5.41) is 0. The van der Waals surface area contributed by atoms with Gasteiger partial charge in [0.1, 0.15) is 5.78 Å². The zero-order chi connectivity index (χ0) is 11.2. The van der Waals surface area contributed by atoms with Crippen LogP contribution in [-0.2, 0) is 16.6 Å². The third-order valence-corrected chi connectivity index (χ3v) is 4.39. The van der Waals surface area contributed by atoms with Gasteiger partial charge >= 0.3 is 0 Å². The van der Waals surface area contributed by atoms with Gasteiger partial charge in [0, 0.05) is 6.42 Å². The molecule has 1 nitrogen and oxygen atoms in total. The summed E-state index contributed by atoms with van der Waals surface area (Å²) in [7, 11) is 0. The van der Waals surface area contributed by atoms with E-state index in [1.165, 1.54) is 29.5 Å². The molecule has 0 heterocycles. The van der Waals surface area contributed by atoms with Gasteiger partial charge in [-0.25, -0.2) is 0 Å². The number of fused-ring (bicyclic) bond motifs is 2. The number of benzene rings is 1. The highest BCUT2D eigenvalue weighted by Gasteiger charge is 2.45. The summed E-state index contributed by atoms with van der Waals surface area (Å²) in [5.41, 5.74) is 4.02. The lowest BCUT2D eigenvalue weighted by molar-refractivity contribution is -0.125. The van der Waals surface area contributed by atoms with Gasteiger partial charge in [-0.05, 0) is 37.3 Å². The van der Waals surface area contributed by atoms with Crippen molar-refractivity contribution in [2.24, 2.45) is 0 Å². The van der Waals surface area contributed by atoms with Gasteiger partial charge < -0.3 is 0 Å². The molecule has 16 heavy (non-hydrogen) atoms. The van der Waals surface area contributed by atoms with Crippen molar-refractivity contribution in [1.82, 2.24) is 0 Å². The molecule has 1 spiro atoms. The summed E-state index contributed by atoms with van der Waals surface area (Å²) in [6.45, 7) is 2.14. The predicted octanol–water partition coefficient (Wildman–Crippen LogP) is 3.32. The molecule has 1 saturated carbocycles. The Bertz CT molecular complexity index is 439. The van der Waals surface area contributed by atoms with Crippen LogP contribution in [0.1, 0.15) is 48.8 Å². The highest BCUT2D eigenvalue weighted by atomic mass is 16.1. The fourth-order valence-electron chi connectivity index (χ4n) is 3.56. The molecule has 0 atom stereocenters. The molecule has 0 amide bonds. The maximum Gasteiger partial charge on any atom is 0.143 e. The van der Waals surface area contributed by atoms with E-state index in [0.717, 1.165) is 25.7 Å². The van der Waals surface area contributed by atoms with Gasteiger partial charge in [0.25, 0.3) is 0 Å². The monoisotopic (exact) mass is 214 g/mol. The molecule has 1 fully saturated rings. The Morgan fingerprint density at radius 2 is 1.88 bits per heavy atom. The van der Waals surface area contributed by atoms with Crippen molar-refractivity contribution in [2.75, 3.05) is 0 Å². The zero-order valence-corrected chi connectivity index (χ0v) is 9.88. The number of rotatable bonds is 0. The van der Waals surface area contributed by atoms with E-state index in [0.29, 0.717) is 5.78 Å². The van der Waals surface area contributed by atoms with E-state index < -0.39 is 0 Å². The minimum atomic E-state index is -0.0821. The molecule has 1 aromatic carbocycles. The molecule has 0 bridgehead atoms. The number of aryl methyl sites for hydroxylation is 2. The Labute approximate surface area is 96.9 Å². The molecule has 0 saturated heterocycles. The summed E-state index contributed by atoms with van der Waals surface area (Å²) in [4.78, 5) is 12.3. The summed E-state index contributed by atoms with van der Waals surface area (Å²) >= 11 is 0. The SMILES string of the molecule is Cc1ccc2c(c1)CCC(=O)C21CCCC1. The van der Waals surface area contributed by atoms with E-state index in [9.17, 15) is 4.79 Å². The quantitative estimate of drug-likeness (QED) is 0.647. The first kappa shape index (κ1) is 10.1. The number of hydrogen-bond donors (Lipinski definition) is 0. The molecule has 0 unspecified atom stereocenters. The third kappa shape index (κ3) is 1.27. The van der Waals surface area contributed by atoms with E-state index in [-0.39, 0.29) is 5.41 Å². The summed E-state index contributed by atoms with van der Waals surface area (Å²) in [6, 6.07) is 6.66. The first-order chi connectivity index (χ1) is 7.72. The zero-order valence-electron chi connectivity index (χ0n) is 9.88. The van der Waals surface area contributed by atoms with E-state index in [1.807, 2.05) is 0 Å². The van der Waals surface area contributed by atoms with Gasteiger partial charge in [0.2, 0.25) is 0 Å². The lowest BCUT2D eigenvalue weighted by Gasteiger charge is -2.34. The Hall–Kier alpha value is -1.11. The van der Waals surface area contributed by atoms with Crippen molar-refractivity contribution in [3.05, 3.63) is 34.9 Å². The third-order valence-electron chi connectivity index (χ3n) is 4.39. The summed E-state index contributed by atoms with van der Waals surface area (Å²) in [5.74, 6) is 0.501. The van der Waals surface area contributed by atoms with Crippen molar-refractivity contribution < 1.29 is 4.79 Å². The number of carbonyl (C=O) groups excluding carboxylic acids is 1. The van der Waals surface area contributed by atoms with Crippen LogP contribution in [0.4, 0.5) is 0 Å². The maximum atomic E-state index is 12.3. The molecular weight excluding hydrogens is 196 g/mol. The molecule has 0 N–H and O–H groups in total. The molecule has 2 aliphatic rings. The normalized spacial score (nSPS) is 22.4. The molecule has 0 aromatic heterocycles. The fraction of sp³-hybridized carbons (Fsp3) is 0.533. The van der Waals surface area contributed by atoms with Crippen molar-refractivity contribution in [2.45, 2.75) is 50.9 Å². The van der Waals surface area contributed by atoms with Crippen LogP contribution in [0.15, 0.2) is 18.2 Å². The lowest BCUT2D eigenvalue weighted by Crippen LogP contribution is -2.37.